The Hall–Kier alpha value is -2.47. The summed E-state index contributed by atoms with van der Waals surface area (Å²) in [5, 5.41) is 15.8. The summed E-state index contributed by atoms with van der Waals surface area (Å²) in [5.74, 6) is 1.31. The third kappa shape index (κ3) is 5.83. The number of benzene rings is 1. The number of urea groups is 1. The van der Waals surface area contributed by atoms with Crippen LogP contribution in [-0.2, 0) is 0 Å². The summed E-state index contributed by atoms with van der Waals surface area (Å²) in [4.78, 5) is 12.1. The number of furan rings is 1. The van der Waals surface area contributed by atoms with E-state index in [2.05, 4.69) is 10.6 Å². The highest BCUT2D eigenvalue weighted by Gasteiger charge is 2.17. The minimum atomic E-state index is -0.742. The van der Waals surface area contributed by atoms with Gasteiger partial charge in [-0.15, -0.1) is 0 Å². The highest BCUT2D eigenvalue weighted by molar-refractivity contribution is 5.74. The van der Waals surface area contributed by atoms with Crippen LogP contribution in [0.2, 0.25) is 0 Å². The molecule has 2 amide bonds. The second-order valence-electron chi connectivity index (χ2n) is 6.01. The van der Waals surface area contributed by atoms with Gasteiger partial charge in [0.05, 0.1) is 18.9 Å². The van der Waals surface area contributed by atoms with Crippen molar-refractivity contribution in [3.8, 4) is 5.75 Å². The molecule has 6 heteroatoms. The van der Waals surface area contributed by atoms with Gasteiger partial charge in [-0.2, -0.15) is 0 Å². The maximum atomic E-state index is 12.1. The summed E-state index contributed by atoms with van der Waals surface area (Å²) >= 11 is 0. The maximum absolute atomic E-state index is 12.1. The number of hydrogen-bond acceptors (Lipinski definition) is 4. The number of aliphatic hydroxyl groups excluding tert-OH is 1. The van der Waals surface area contributed by atoms with Gasteiger partial charge in [-0.05, 0) is 50.6 Å². The largest absolute Gasteiger partial charge is 0.494 e. The van der Waals surface area contributed by atoms with Crippen LogP contribution in [-0.4, -0.2) is 23.8 Å². The van der Waals surface area contributed by atoms with Gasteiger partial charge in [-0.25, -0.2) is 4.79 Å². The molecule has 2 aromatic rings. The van der Waals surface area contributed by atoms with Crippen LogP contribution in [0.3, 0.4) is 0 Å². The average Bonchev–Trinajstić information content (AvgIpc) is 3.10. The summed E-state index contributed by atoms with van der Waals surface area (Å²) in [6.45, 7) is 6.31. The second kappa shape index (κ2) is 9.13. The molecular formula is C19H26N2O4. The van der Waals surface area contributed by atoms with E-state index in [1.807, 2.05) is 45.0 Å². The van der Waals surface area contributed by atoms with E-state index in [0.29, 0.717) is 18.8 Å². The lowest BCUT2D eigenvalue weighted by Gasteiger charge is -2.20. The first kappa shape index (κ1) is 18.9. The van der Waals surface area contributed by atoms with Gasteiger partial charge in [-0.1, -0.05) is 12.1 Å². The number of carbonyl (C=O) groups is 1. The van der Waals surface area contributed by atoms with Crippen molar-refractivity contribution in [2.75, 3.05) is 6.61 Å². The van der Waals surface area contributed by atoms with Gasteiger partial charge in [0.1, 0.15) is 17.6 Å². The maximum Gasteiger partial charge on any atom is 0.315 e. The van der Waals surface area contributed by atoms with E-state index >= 15 is 0 Å². The number of hydrogen-bond donors (Lipinski definition) is 3. The standard InChI is InChI=1S/C19H26N2O4/c1-4-24-16-9-7-15(8-10-16)14(3)21-19(23)20-13(2)12-17(22)18-6-5-11-25-18/h5-11,13-14,17,22H,4,12H2,1-3H3,(H2,20,21,23). The summed E-state index contributed by atoms with van der Waals surface area (Å²) in [6, 6.07) is 10.5. The summed E-state index contributed by atoms with van der Waals surface area (Å²) in [5.41, 5.74) is 0.988. The Morgan fingerprint density at radius 3 is 2.52 bits per heavy atom. The van der Waals surface area contributed by atoms with E-state index in [-0.39, 0.29) is 18.1 Å². The minimum Gasteiger partial charge on any atom is -0.494 e. The molecule has 0 spiro atoms. The number of amides is 2. The Kier molecular flexibility index (Phi) is 6.89. The SMILES string of the molecule is CCOc1ccc(C(C)NC(=O)NC(C)CC(O)c2ccco2)cc1. The molecule has 0 saturated heterocycles. The zero-order chi connectivity index (χ0) is 18.2. The lowest BCUT2D eigenvalue weighted by Crippen LogP contribution is -2.42. The van der Waals surface area contributed by atoms with Crippen LogP contribution in [0.15, 0.2) is 47.1 Å². The topological polar surface area (TPSA) is 83.7 Å². The lowest BCUT2D eigenvalue weighted by atomic mass is 10.1. The van der Waals surface area contributed by atoms with Crippen molar-refractivity contribution in [2.24, 2.45) is 0 Å². The minimum absolute atomic E-state index is 0.141. The summed E-state index contributed by atoms with van der Waals surface area (Å²) in [6.07, 6.45) is 1.15. The zero-order valence-corrected chi connectivity index (χ0v) is 14.9. The van der Waals surface area contributed by atoms with E-state index in [1.165, 1.54) is 6.26 Å². The van der Waals surface area contributed by atoms with Crippen LogP contribution >= 0.6 is 0 Å². The van der Waals surface area contributed by atoms with Gasteiger partial charge in [0.2, 0.25) is 0 Å². The van der Waals surface area contributed by atoms with Crippen LogP contribution in [0.1, 0.15) is 50.7 Å². The van der Waals surface area contributed by atoms with Crippen LogP contribution < -0.4 is 15.4 Å². The van der Waals surface area contributed by atoms with Crippen molar-refractivity contribution in [1.82, 2.24) is 10.6 Å². The highest BCUT2D eigenvalue weighted by atomic mass is 16.5. The predicted molar refractivity (Wildman–Crippen MR) is 95.4 cm³/mol. The monoisotopic (exact) mass is 346 g/mol. The number of aliphatic hydroxyl groups is 1. The number of carbonyl (C=O) groups excluding carboxylic acids is 1. The van der Waals surface area contributed by atoms with E-state index < -0.39 is 6.10 Å². The molecule has 0 saturated carbocycles. The van der Waals surface area contributed by atoms with Crippen molar-refractivity contribution in [1.29, 1.82) is 0 Å². The molecule has 3 unspecified atom stereocenters. The summed E-state index contributed by atoms with van der Waals surface area (Å²) in [7, 11) is 0. The molecule has 1 aromatic heterocycles. The molecular weight excluding hydrogens is 320 g/mol. The molecule has 0 aliphatic carbocycles. The van der Waals surface area contributed by atoms with Gasteiger partial charge in [0.25, 0.3) is 0 Å². The fourth-order valence-electron chi connectivity index (χ4n) is 2.56. The molecule has 1 aromatic carbocycles. The first-order valence-electron chi connectivity index (χ1n) is 8.50. The first-order valence-corrected chi connectivity index (χ1v) is 8.50. The van der Waals surface area contributed by atoms with Crippen molar-refractivity contribution < 1.29 is 19.1 Å². The van der Waals surface area contributed by atoms with E-state index in [0.717, 1.165) is 11.3 Å². The van der Waals surface area contributed by atoms with Gasteiger partial charge in [0.15, 0.2) is 0 Å². The van der Waals surface area contributed by atoms with Gasteiger partial charge < -0.3 is 24.9 Å². The predicted octanol–water partition coefficient (Wildman–Crippen LogP) is 3.55. The average molecular weight is 346 g/mol. The number of ether oxygens (including phenoxy) is 1. The van der Waals surface area contributed by atoms with Crippen LogP contribution in [0.4, 0.5) is 4.79 Å². The lowest BCUT2D eigenvalue weighted by molar-refractivity contribution is 0.129. The van der Waals surface area contributed by atoms with Crippen molar-refractivity contribution in [3.63, 3.8) is 0 Å². The molecule has 0 bridgehead atoms. The second-order valence-corrected chi connectivity index (χ2v) is 6.01. The quantitative estimate of drug-likeness (QED) is 0.682. The van der Waals surface area contributed by atoms with Crippen LogP contribution in [0.5, 0.6) is 5.75 Å². The molecule has 25 heavy (non-hydrogen) atoms. The fourth-order valence-corrected chi connectivity index (χ4v) is 2.56. The Morgan fingerprint density at radius 1 is 1.20 bits per heavy atom. The summed E-state index contributed by atoms with van der Waals surface area (Å²) < 4.78 is 10.6. The van der Waals surface area contributed by atoms with Gasteiger partial charge in [-0.3, -0.25) is 0 Å². The fraction of sp³-hybridized carbons (Fsp3) is 0.421. The molecule has 136 valence electrons. The molecule has 1 heterocycles. The van der Waals surface area contributed by atoms with E-state index in [1.54, 1.807) is 12.1 Å². The number of nitrogens with one attached hydrogen (secondary N) is 2. The normalized spacial score (nSPS) is 14.4. The molecule has 0 aliphatic heterocycles. The first-order chi connectivity index (χ1) is 12.0. The molecule has 3 N–H and O–H groups in total. The Morgan fingerprint density at radius 2 is 1.92 bits per heavy atom. The Bertz CT molecular complexity index is 640. The molecule has 3 atom stereocenters. The molecule has 0 aliphatic rings. The Labute approximate surface area is 148 Å². The van der Waals surface area contributed by atoms with Crippen molar-refractivity contribution in [3.05, 3.63) is 54.0 Å². The molecule has 0 fully saturated rings. The zero-order valence-electron chi connectivity index (χ0n) is 14.9. The van der Waals surface area contributed by atoms with Gasteiger partial charge in [0, 0.05) is 12.5 Å². The molecule has 0 radical (unpaired) electrons. The molecule has 2 rings (SSSR count). The van der Waals surface area contributed by atoms with Crippen LogP contribution in [0.25, 0.3) is 0 Å². The van der Waals surface area contributed by atoms with Crippen LogP contribution in [0, 0.1) is 0 Å². The van der Waals surface area contributed by atoms with Crippen molar-refractivity contribution in [2.45, 2.75) is 45.4 Å². The third-order valence-electron chi connectivity index (χ3n) is 3.86. The third-order valence-corrected chi connectivity index (χ3v) is 3.86. The van der Waals surface area contributed by atoms with Gasteiger partial charge >= 0.3 is 6.03 Å². The molecule has 6 nitrogen and oxygen atoms in total. The Balaban J connectivity index is 1.80. The highest BCUT2D eigenvalue weighted by Crippen LogP contribution is 2.19. The van der Waals surface area contributed by atoms with E-state index in [9.17, 15) is 9.90 Å². The van der Waals surface area contributed by atoms with Crippen molar-refractivity contribution >= 4 is 6.03 Å². The van der Waals surface area contributed by atoms with E-state index in [4.69, 9.17) is 9.15 Å². The number of rotatable bonds is 8. The smallest absolute Gasteiger partial charge is 0.315 e.